The molecular formula is C17H17N3O5. The lowest BCUT2D eigenvalue weighted by molar-refractivity contribution is -0.147. The molecule has 0 heterocycles. The number of benzene rings is 2. The Morgan fingerprint density at radius 1 is 0.880 bits per heavy atom. The molecule has 8 nitrogen and oxygen atoms in total. The van der Waals surface area contributed by atoms with Gasteiger partial charge in [-0.05, 0) is 11.1 Å². The van der Waals surface area contributed by atoms with Crippen LogP contribution in [-0.2, 0) is 27.5 Å². The van der Waals surface area contributed by atoms with Crippen LogP contribution in [0.1, 0.15) is 11.1 Å². The van der Waals surface area contributed by atoms with E-state index < -0.39 is 18.6 Å². The average Bonchev–Trinajstić information content (AvgIpc) is 2.66. The van der Waals surface area contributed by atoms with Crippen LogP contribution in [-0.4, -0.2) is 23.7 Å². The van der Waals surface area contributed by atoms with E-state index in [1.54, 1.807) is 36.4 Å². The van der Waals surface area contributed by atoms with Gasteiger partial charge in [-0.15, -0.1) is 4.91 Å². The summed E-state index contributed by atoms with van der Waals surface area (Å²) in [7, 11) is 0. The fourth-order valence-corrected chi connectivity index (χ4v) is 1.86. The van der Waals surface area contributed by atoms with Crippen molar-refractivity contribution in [2.75, 3.05) is 6.54 Å². The van der Waals surface area contributed by atoms with E-state index in [-0.39, 0.29) is 13.2 Å². The molecule has 8 heteroatoms. The predicted octanol–water partition coefficient (Wildman–Crippen LogP) is 2.55. The molecule has 0 aliphatic carbocycles. The Bertz CT molecular complexity index is 636. The van der Waals surface area contributed by atoms with Crippen LogP contribution in [0.2, 0.25) is 0 Å². The fraction of sp³-hybridized carbons (Fsp3) is 0.176. The minimum absolute atomic E-state index is 0.0256. The molecule has 0 bridgehead atoms. The van der Waals surface area contributed by atoms with Gasteiger partial charge in [-0.1, -0.05) is 60.7 Å². The number of nitroso groups, excluding NO2 is 1. The highest BCUT2D eigenvalue weighted by molar-refractivity contribution is 5.72. The molecule has 0 aliphatic rings. The van der Waals surface area contributed by atoms with Crippen LogP contribution in [0.25, 0.3) is 0 Å². The third-order valence-electron chi connectivity index (χ3n) is 3.05. The first-order valence-electron chi connectivity index (χ1n) is 7.45. The zero-order chi connectivity index (χ0) is 17.9. The van der Waals surface area contributed by atoms with Crippen molar-refractivity contribution in [2.45, 2.75) is 13.2 Å². The van der Waals surface area contributed by atoms with Gasteiger partial charge >= 0.3 is 12.1 Å². The summed E-state index contributed by atoms with van der Waals surface area (Å²) in [5, 5.41) is 3.06. The quantitative estimate of drug-likeness (QED) is 0.449. The molecule has 0 fully saturated rings. The van der Waals surface area contributed by atoms with E-state index in [2.05, 4.69) is 10.7 Å². The second-order valence-electron chi connectivity index (χ2n) is 4.96. The smallest absolute Gasteiger partial charge is 0.427 e. The third kappa shape index (κ3) is 6.69. The number of hydrazine groups is 1. The summed E-state index contributed by atoms with van der Waals surface area (Å²) in [6, 6.07) is 18.1. The molecule has 0 atom stereocenters. The van der Waals surface area contributed by atoms with Crippen molar-refractivity contribution < 1.29 is 19.1 Å². The largest absolute Gasteiger partial charge is 0.459 e. The van der Waals surface area contributed by atoms with Crippen molar-refractivity contribution in [3.8, 4) is 0 Å². The van der Waals surface area contributed by atoms with Crippen LogP contribution in [0.4, 0.5) is 4.79 Å². The van der Waals surface area contributed by atoms with Gasteiger partial charge in [-0.2, -0.15) is 5.12 Å². The number of nitrogens with zero attached hydrogens (tertiary/aromatic N) is 2. The molecule has 0 aliphatic heterocycles. The predicted molar refractivity (Wildman–Crippen MR) is 88.5 cm³/mol. The molecule has 0 saturated heterocycles. The molecule has 0 aromatic heterocycles. The van der Waals surface area contributed by atoms with Crippen molar-refractivity contribution >= 4 is 12.1 Å². The first-order valence-corrected chi connectivity index (χ1v) is 7.45. The first-order chi connectivity index (χ1) is 12.2. The Kier molecular flexibility index (Phi) is 6.93. The highest BCUT2D eigenvalue weighted by Crippen LogP contribution is 2.02. The number of ether oxygens (including phenoxy) is 2. The number of rotatable bonds is 8. The van der Waals surface area contributed by atoms with E-state index in [0.717, 1.165) is 11.1 Å². The van der Waals surface area contributed by atoms with Gasteiger partial charge < -0.3 is 9.47 Å². The Morgan fingerprint density at radius 3 is 1.92 bits per heavy atom. The van der Waals surface area contributed by atoms with Crippen LogP contribution >= 0.6 is 0 Å². The highest BCUT2D eigenvalue weighted by atomic mass is 16.6. The summed E-state index contributed by atoms with van der Waals surface area (Å²) in [6.07, 6.45) is -0.903. The Balaban J connectivity index is 1.72. The van der Waals surface area contributed by atoms with Crippen molar-refractivity contribution in [3.63, 3.8) is 0 Å². The summed E-state index contributed by atoms with van der Waals surface area (Å²) < 4.78 is 9.93. The zero-order valence-corrected chi connectivity index (χ0v) is 13.3. The molecule has 0 spiro atoms. The van der Waals surface area contributed by atoms with Gasteiger partial charge in [-0.25, -0.2) is 15.0 Å². The average molecular weight is 343 g/mol. The van der Waals surface area contributed by atoms with E-state index in [9.17, 15) is 14.5 Å². The normalized spacial score (nSPS) is 9.76. The Hall–Kier alpha value is -3.42. The number of hydrogen-bond acceptors (Lipinski definition) is 6. The maximum absolute atomic E-state index is 11.7. The van der Waals surface area contributed by atoms with Crippen molar-refractivity contribution in [2.24, 2.45) is 5.29 Å². The standard InChI is InChI=1S/C17H17N3O5/c21-16(24-12-14-7-3-1-4-8-14)11-20(19-23)18-17(22)25-13-15-9-5-2-6-10-15/h1-10H,11-13H2,(H,18,22). The Labute approximate surface area is 144 Å². The van der Waals surface area contributed by atoms with E-state index in [4.69, 9.17) is 9.47 Å². The van der Waals surface area contributed by atoms with Gasteiger partial charge in [0.25, 0.3) is 0 Å². The number of carbonyl (C=O) groups excluding carboxylic acids is 2. The van der Waals surface area contributed by atoms with Gasteiger partial charge in [0.1, 0.15) is 13.2 Å². The molecule has 0 saturated carbocycles. The second kappa shape index (κ2) is 9.66. The van der Waals surface area contributed by atoms with Crippen LogP contribution in [0.5, 0.6) is 0 Å². The van der Waals surface area contributed by atoms with Crippen LogP contribution in [0.15, 0.2) is 65.9 Å². The lowest BCUT2D eigenvalue weighted by Crippen LogP contribution is -2.41. The summed E-state index contributed by atoms with van der Waals surface area (Å²) in [6.45, 7) is -0.445. The molecule has 1 amide bonds. The monoisotopic (exact) mass is 343 g/mol. The number of nitrogens with one attached hydrogen (secondary N) is 1. The number of esters is 1. The molecule has 0 radical (unpaired) electrons. The zero-order valence-electron chi connectivity index (χ0n) is 13.3. The minimum Gasteiger partial charge on any atom is -0.459 e. The number of amides is 1. The Morgan fingerprint density at radius 2 is 1.40 bits per heavy atom. The molecule has 2 rings (SSSR count). The number of hydrogen-bond donors (Lipinski definition) is 1. The molecule has 130 valence electrons. The van der Waals surface area contributed by atoms with E-state index in [1.165, 1.54) is 0 Å². The molecule has 0 unspecified atom stereocenters. The summed E-state index contributed by atoms with van der Waals surface area (Å²) in [4.78, 5) is 34.0. The molecule has 25 heavy (non-hydrogen) atoms. The van der Waals surface area contributed by atoms with Gasteiger partial charge in [0.15, 0.2) is 6.54 Å². The highest BCUT2D eigenvalue weighted by Gasteiger charge is 2.15. The van der Waals surface area contributed by atoms with Gasteiger partial charge in [0, 0.05) is 0 Å². The maximum atomic E-state index is 11.7. The lowest BCUT2D eigenvalue weighted by Gasteiger charge is -2.15. The lowest BCUT2D eigenvalue weighted by atomic mass is 10.2. The molecular weight excluding hydrogens is 326 g/mol. The summed E-state index contributed by atoms with van der Waals surface area (Å²) in [5.41, 5.74) is 3.64. The van der Waals surface area contributed by atoms with Gasteiger partial charge in [0.05, 0.1) is 5.29 Å². The second-order valence-corrected chi connectivity index (χ2v) is 4.96. The molecule has 2 aromatic rings. The molecule has 1 N–H and O–H groups in total. The van der Waals surface area contributed by atoms with Crippen molar-refractivity contribution in [1.82, 2.24) is 10.5 Å². The number of carbonyl (C=O) groups is 2. The summed E-state index contributed by atoms with van der Waals surface area (Å²) >= 11 is 0. The maximum Gasteiger partial charge on any atom is 0.427 e. The summed E-state index contributed by atoms with van der Waals surface area (Å²) in [5.74, 6) is -0.716. The van der Waals surface area contributed by atoms with Gasteiger partial charge in [0.2, 0.25) is 0 Å². The van der Waals surface area contributed by atoms with E-state index >= 15 is 0 Å². The fourth-order valence-electron chi connectivity index (χ4n) is 1.86. The van der Waals surface area contributed by atoms with Crippen LogP contribution in [0.3, 0.4) is 0 Å². The molecule has 2 aromatic carbocycles. The van der Waals surface area contributed by atoms with Crippen LogP contribution in [0, 0.1) is 4.91 Å². The van der Waals surface area contributed by atoms with Crippen molar-refractivity contribution in [3.05, 3.63) is 76.7 Å². The van der Waals surface area contributed by atoms with Gasteiger partial charge in [-0.3, -0.25) is 0 Å². The SMILES string of the molecule is O=NN(CC(=O)OCc1ccccc1)NC(=O)OCc1ccccc1. The van der Waals surface area contributed by atoms with E-state index in [1.807, 2.05) is 24.3 Å². The van der Waals surface area contributed by atoms with Crippen molar-refractivity contribution in [1.29, 1.82) is 0 Å². The first kappa shape index (κ1) is 17.9. The van der Waals surface area contributed by atoms with Crippen LogP contribution < -0.4 is 5.43 Å². The minimum atomic E-state index is -0.903. The third-order valence-corrected chi connectivity index (χ3v) is 3.05. The van der Waals surface area contributed by atoms with E-state index in [0.29, 0.717) is 5.12 Å². The topological polar surface area (TPSA) is 97.3 Å².